The van der Waals surface area contributed by atoms with E-state index in [2.05, 4.69) is 0 Å². The van der Waals surface area contributed by atoms with Gasteiger partial charge in [-0.3, -0.25) is 13.9 Å². The number of nitrogens with zero attached hydrogens (tertiary/aromatic N) is 2. The second-order valence-corrected chi connectivity index (χ2v) is 8.93. The molecule has 1 aromatic rings. The molecule has 1 amide bonds. The summed E-state index contributed by atoms with van der Waals surface area (Å²) in [6.07, 6.45) is 2.17. The van der Waals surface area contributed by atoms with Crippen LogP contribution in [0.2, 0.25) is 0 Å². The average molecular weight is 397 g/mol. The first-order valence-corrected chi connectivity index (χ1v) is 11.0. The Bertz CT molecular complexity index is 778. The van der Waals surface area contributed by atoms with Crippen LogP contribution in [-0.2, 0) is 24.3 Å². The fourth-order valence-corrected chi connectivity index (χ4v) is 4.18. The number of hydrogen-bond donors (Lipinski definition) is 0. The first kappa shape index (κ1) is 21.2. The lowest BCUT2D eigenvalue weighted by atomic mass is 9.97. The second kappa shape index (κ2) is 8.73. The van der Waals surface area contributed by atoms with Gasteiger partial charge in [-0.2, -0.15) is 0 Å². The van der Waals surface area contributed by atoms with Gasteiger partial charge in [0.1, 0.15) is 6.54 Å². The van der Waals surface area contributed by atoms with Gasteiger partial charge in [-0.1, -0.05) is 6.07 Å². The Morgan fingerprint density at radius 1 is 1.15 bits per heavy atom. The highest BCUT2D eigenvalue weighted by atomic mass is 32.2. The van der Waals surface area contributed by atoms with E-state index in [0.29, 0.717) is 38.2 Å². The molecule has 1 saturated heterocycles. The van der Waals surface area contributed by atoms with Gasteiger partial charge in [0.05, 0.1) is 24.5 Å². The van der Waals surface area contributed by atoms with Crippen LogP contribution in [0, 0.1) is 19.8 Å². The zero-order valence-electron chi connectivity index (χ0n) is 16.4. The summed E-state index contributed by atoms with van der Waals surface area (Å²) in [5, 5.41) is 0. The van der Waals surface area contributed by atoms with Crippen molar-refractivity contribution in [1.29, 1.82) is 0 Å². The van der Waals surface area contributed by atoms with Gasteiger partial charge in [0, 0.05) is 13.1 Å². The molecule has 1 aliphatic rings. The summed E-state index contributed by atoms with van der Waals surface area (Å²) in [5.41, 5.74) is 2.35. The number of carbonyl (C=O) groups excluding carboxylic acids is 2. The SMILES string of the molecule is CCOC(=O)C1CCN(C(=O)CN(c2cc(C)cc(C)c2)S(C)(=O)=O)CC1. The predicted octanol–water partition coefficient (Wildman–Crippen LogP) is 1.87. The third-order valence-corrected chi connectivity index (χ3v) is 5.78. The molecule has 150 valence electrons. The number of piperidine rings is 1. The molecule has 27 heavy (non-hydrogen) atoms. The molecule has 0 aliphatic carbocycles. The molecule has 7 nitrogen and oxygen atoms in total. The standard InChI is InChI=1S/C19H28N2O5S/c1-5-26-19(23)16-6-8-20(9-7-16)18(22)13-21(27(4,24)25)17-11-14(2)10-15(3)12-17/h10-12,16H,5-9,13H2,1-4H3. The zero-order chi connectivity index (χ0) is 20.2. The van der Waals surface area contributed by atoms with Crippen LogP contribution in [0.15, 0.2) is 18.2 Å². The van der Waals surface area contributed by atoms with Gasteiger partial charge in [0.2, 0.25) is 15.9 Å². The predicted molar refractivity (Wildman–Crippen MR) is 104 cm³/mol. The molecule has 0 spiro atoms. The van der Waals surface area contributed by atoms with E-state index < -0.39 is 10.0 Å². The highest BCUT2D eigenvalue weighted by Crippen LogP contribution is 2.23. The number of sulfonamides is 1. The smallest absolute Gasteiger partial charge is 0.309 e. The van der Waals surface area contributed by atoms with Crippen LogP contribution >= 0.6 is 0 Å². The Hall–Kier alpha value is -2.09. The van der Waals surface area contributed by atoms with E-state index in [0.717, 1.165) is 21.7 Å². The van der Waals surface area contributed by atoms with Crippen LogP contribution in [0.1, 0.15) is 30.9 Å². The van der Waals surface area contributed by atoms with E-state index in [9.17, 15) is 18.0 Å². The van der Waals surface area contributed by atoms with Crippen molar-refractivity contribution < 1.29 is 22.7 Å². The van der Waals surface area contributed by atoms with Gasteiger partial charge >= 0.3 is 5.97 Å². The van der Waals surface area contributed by atoms with Crippen LogP contribution in [-0.4, -0.2) is 57.7 Å². The normalized spacial score (nSPS) is 15.5. The minimum Gasteiger partial charge on any atom is -0.466 e. The molecule has 0 saturated carbocycles. The molecule has 0 atom stereocenters. The minimum atomic E-state index is -3.61. The highest BCUT2D eigenvalue weighted by Gasteiger charge is 2.30. The van der Waals surface area contributed by atoms with Crippen LogP contribution in [0.25, 0.3) is 0 Å². The third kappa shape index (κ3) is 5.69. The van der Waals surface area contributed by atoms with E-state index in [-0.39, 0.29) is 24.3 Å². The van der Waals surface area contributed by atoms with Crippen molar-refractivity contribution >= 4 is 27.6 Å². The summed E-state index contributed by atoms with van der Waals surface area (Å²) >= 11 is 0. The summed E-state index contributed by atoms with van der Waals surface area (Å²) in [6.45, 7) is 6.49. The number of anilines is 1. The molecule has 0 aromatic heterocycles. The maximum absolute atomic E-state index is 12.7. The summed E-state index contributed by atoms with van der Waals surface area (Å²) in [5.74, 6) is -0.682. The maximum atomic E-state index is 12.7. The van der Waals surface area contributed by atoms with Crippen molar-refractivity contribution in [1.82, 2.24) is 4.90 Å². The first-order valence-electron chi connectivity index (χ1n) is 9.12. The molecular formula is C19H28N2O5S. The van der Waals surface area contributed by atoms with Crippen LogP contribution < -0.4 is 4.31 Å². The molecule has 0 N–H and O–H groups in total. The van der Waals surface area contributed by atoms with E-state index in [1.54, 1.807) is 24.0 Å². The van der Waals surface area contributed by atoms with Gasteiger partial charge in [0.25, 0.3) is 0 Å². The van der Waals surface area contributed by atoms with Crippen LogP contribution in [0.3, 0.4) is 0 Å². The zero-order valence-corrected chi connectivity index (χ0v) is 17.2. The molecular weight excluding hydrogens is 368 g/mol. The van der Waals surface area contributed by atoms with Gasteiger partial charge in [0.15, 0.2) is 0 Å². The van der Waals surface area contributed by atoms with E-state index in [4.69, 9.17) is 4.74 Å². The number of esters is 1. The fourth-order valence-electron chi connectivity index (χ4n) is 3.34. The third-order valence-electron chi connectivity index (χ3n) is 4.64. The van der Waals surface area contributed by atoms with Crippen molar-refractivity contribution in [2.24, 2.45) is 5.92 Å². The lowest BCUT2D eigenvalue weighted by molar-refractivity contribution is -0.151. The largest absolute Gasteiger partial charge is 0.466 e. The quantitative estimate of drug-likeness (QED) is 0.686. The molecule has 0 unspecified atom stereocenters. The fraction of sp³-hybridized carbons (Fsp3) is 0.579. The molecule has 1 fully saturated rings. The Kier molecular flexibility index (Phi) is 6.86. The van der Waals surface area contributed by atoms with Crippen molar-refractivity contribution in [2.45, 2.75) is 33.6 Å². The van der Waals surface area contributed by atoms with E-state index in [1.807, 2.05) is 19.9 Å². The van der Waals surface area contributed by atoms with E-state index >= 15 is 0 Å². The topological polar surface area (TPSA) is 84.0 Å². The molecule has 0 bridgehead atoms. The van der Waals surface area contributed by atoms with Gasteiger partial charge < -0.3 is 9.64 Å². The number of ether oxygens (including phenoxy) is 1. The molecule has 8 heteroatoms. The number of amides is 1. The van der Waals surface area contributed by atoms with Gasteiger partial charge in [-0.25, -0.2) is 8.42 Å². The summed E-state index contributed by atoms with van der Waals surface area (Å²) in [7, 11) is -3.61. The Morgan fingerprint density at radius 3 is 2.19 bits per heavy atom. The summed E-state index contributed by atoms with van der Waals surface area (Å²) < 4.78 is 30.7. The number of rotatable bonds is 6. The minimum absolute atomic E-state index is 0.195. The van der Waals surface area contributed by atoms with Crippen LogP contribution in [0.5, 0.6) is 0 Å². The lowest BCUT2D eigenvalue weighted by Crippen LogP contribution is -2.46. The van der Waals surface area contributed by atoms with Gasteiger partial charge in [-0.05, 0) is 56.9 Å². The monoisotopic (exact) mass is 396 g/mol. The number of hydrogen-bond acceptors (Lipinski definition) is 5. The lowest BCUT2D eigenvalue weighted by Gasteiger charge is -2.32. The number of aryl methyl sites for hydroxylation is 2. The maximum Gasteiger partial charge on any atom is 0.309 e. The Labute approximate surface area is 161 Å². The molecule has 2 rings (SSSR count). The summed E-state index contributed by atoms with van der Waals surface area (Å²) in [4.78, 5) is 26.1. The van der Waals surface area contributed by atoms with Gasteiger partial charge in [-0.15, -0.1) is 0 Å². The second-order valence-electron chi connectivity index (χ2n) is 7.02. The van der Waals surface area contributed by atoms with Crippen molar-refractivity contribution in [2.75, 3.05) is 36.8 Å². The van der Waals surface area contributed by atoms with Crippen molar-refractivity contribution in [3.8, 4) is 0 Å². The number of carbonyl (C=O) groups is 2. The molecule has 1 aromatic carbocycles. The average Bonchev–Trinajstić information content (AvgIpc) is 2.58. The molecule has 0 radical (unpaired) electrons. The molecule has 1 heterocycles. The van der Waals surface area contributed by atoms with E-state index in [1.165, 1.54) is 0 Å². The number of likely N-dealkylation sites (tertiary alicyclic amines) is 1. The Morgan fingerprint density at radius 2 is 1.70 bits per heavy atom. The van der Waals surface area contributed by atoms with Crippen molar-refractivity contribution in [3.63, 3.8) is 0 Å². The number of benzene rings is 1. The van der Waals surface area contributed by atoms with Crippen molar-refractivity contribution in [3.05, 3.63) is 29.3 Å². The first-order chi connectivity index (χ1) is 12.6. The highest BCUT2D eigenvalue weighted by molar-refractivity contribution is 7.92. The summed E-state index contributed by atoms with van der Waals surface area (Å²) in [6, 6.07) is 5.47. The van der Waals surface area contributed by atoms with Crippen LogP contribution in [0.4, 0.5) is 5.69 Å². The Balaban J connectivity index is 2.08. The molecule has 1 aliphatic heterocycles.